The summed E-state index contributed by atoms with van der Waals surface area (Å²) in [6.07, 6.45) is 4.61. The van der Waals surface area contributed by atoms with Gasteiger partial charge in [0, 0.05) is 23.5 Å². The fourth-order valence-electron chi connectivity index (χ4n) is 3.76. The standard InChI is InChI=1S/C27H30N2O3S.ClH/c1-27(2,3)28-17-9-19-32-22-13-15-23(16-14-22)33(30,31)26-24(21-10-5-4-6-11-21)20-29-18-8-7-12-25(26)29;/h4-8,10-16,18,20,28H,9,17,19H2,1-3H3;1H. The van der Waals surface area contributed by atoms with Crippen molar-refractivity contribution < 1.29 is 13.2 Å². The lowest BCUT2D eigenvalue weighted by Gasteiger charge is -2.20. The fraction of sp³-hybridized carbons (Fsp3) is 0.259. The Hall–Kier alpha value is -2.80. The molecular formula is C27H31ClN2O3S. The summed E-state index contributed by atoms with van der Waals surface area (Å²) in [6.45, 7) is 7.82. The molecule has 0 aliphatic rings. The summed E-state index contributed by atoms with van der Waals surface area (Å²) < 4.78 is 35.2. The monoisotopic (exact) mass is 498 g/mol. The first-order chi connectivity index (χ1) is 15.8. The first kappa shape index (κ1) is 25.8. The molecule has 0 fully saturated rings. The Labute approximate surface area is 208 Å². The lowest BCUT2D eigenvalue weighted by Crippen LogP contribution is -2.36. The number of fused-ring (bicyclic) bond motifs is 1. The summed E-state index contributed by atoms with van der Waals surface area (Å²) in [5, 5.41) is 3.42. The van der Waals surface area contributed by atoms with Crippen LogP contribution in [0.5, 0.6) is 5.75 Å². The van der Waals surface area contributed by atoms with E-state index in [4.69, 9.17) is 4.74 Å². The molecule has 0 spiro atoms. The number of nitrogens with zero attached hydrogens (tertiary/aromatic N) is 1. The smallest absolute Gasteiger partial charge is 0.209 e. The van der Waals surface area contributed by atoms with E-state index in [0.717, 1.165) is 18.5 Å². The van der Waals surface area contributed by atoms with E-state index in [-0.39, 0.29) is 22.8 Å². The van der Waals surface area contributed by atoms with Crippen LogP contribution in [-0.2, 0) is 9.84 Å². The van der Waals surface area contributed by atoms with Crippen molar-refractivity contribution in [2.24, 2.45) is 0 Å². The predicted molar refractivity (Wildman–Crippen MR) is 140 cm³/mol. The number of aromatic nitrogens is 1. The molecule has 0 aliphatic heterocycles. The fourth-order valence-corrected chi connectivity index (χ4v) is 5.40. The molecule has 180 valence electrons. The third kappa shape index (κ3) is 5.81. The van der Waals surface area contributed by atoms with Crippen molar-refractivity contribution in [1.29, 1.82) is 0 Å². The summed E-state index contributed by atoms with van der Waals surface area (Å²) in [4.78, 5) is 0.564. The minimum Gasteiger partial charge on any atom is -0.494 e. The van der Waals surface area contributed by atoms with Crippen LogP contribution in [-0.4, -0.2) is 31.5 Å². The highest BCUT2D eigenvalue weighted by molar-refractivity contribution is 7.91. The highest BCUT2D eigenvalue weighted by atomic mass is 35.5. The van der Waals surface area contributed by atoms with Crippen LogP contribution in [0.4, 0.5) is 0 Å². The number of pyridine rings is 1. The van der Waals surface area contributed by atoms with E-state index in [1.807, 2.05) is 65.3 Å². The Kier molecular flexibility index (Phi) is 8.08. The Morgan fingerprint density at radius 3 is 2.26 bits per heavy atom. The van der Waals surface area contributed by atoms with Gasteiger partial charge < -0.3 is 14.5 Å². The van der Waals surface area contributed by atoms with Crippen LogP contribution in [0.2, 0.25) is 0 Å². The first-order valence-electron chi connectivity index (χ1n) is 11.1. The van der Waals surface area contributed by atoms with E-state index in [1.165, 1.54) is 0 Å². The maximum atomic E-state index is 13.7. The molecule has 0 amide bonds. The zero-order chi connectivity index (χ0) is 23.5. The molecule has 2 aromatic carbocycles. The number of halogens is 1. The number of nitrogens with one attached hydrogen (secondary N) is 1. The van der Waals surface area contributed by atoms with Gasteiger partial charge in [-0.1, -0.05) is 36.4 Å². The van der Waals surface area contributed by atoms with Crippen LogP contribution in [0.3, 0.4) is 0 Å². The summed E-state index contributed by atoms with van der Waals surface area (Å²) in [5.41, 5.74) is 2.29. The molecule has 5 nitrogen and oxygen atoms in total. The van der Waals surface area contributed by atoms with Crippen molar-refractivity contribution in [3.05, 3.63) is 85.2 Å². The van der Waals surface area contributed by atoms with Gasteiger partial charge in [-0.15, -0.1) is 12.4 Å². The number of hydrogen-bond donors (Lipinski definition) is 1. The van der Waals surface area contributed by atoms with E-state index in [9.17, 15) is 8.42 Å². The molecule has 0 atom stereocenters. The molecule has 0 aliphatic carbocycles. The highest BCUT2D eigenvalue weighted by Crippen LogP contribution is 2.36. The van der Waals surface area contributed by atoms with Gasteiger partial charge in [0.25, 0.3) is 0 Å². The van der Waals surface area contributed by atoms with Crippen molar-refractivity contribution in [1.82, 2.24) is 9.72 Å². The van der Waals surface area contributed by atoms with Gasteiger partial charge in [0.1, 0.15) is 10.6 Å². The summed E-state index contributed by atoms with van der Waals surface area (Å²) in [7, 11) is -3.75. The van der Waals surface area contributed by atoms with Gasteiger partial charge >= 0.3 is 0 Å². The predicted octanol–water partition coefficient (Wildman–Crippen LogP) is 6.02. The molecule has 0 radical (unpaired) electrons. The molecule has 2 heterocycles. The van der Waals surface area contributed by atoms with E-state index in [0.29, 0.717) is 28.3 Å². The second kappa shape index (κ2) is 10.6. The van der Waals surface area contributed by atoms with Crippen LogP contribution in [0.1, 0.15) is 27.2 Å². The second-order valence-corrected chi connectivity index (χ2v) is 11.0. The zero-order valence-corrected chi connectivity index (χ0v) is 21.3. The van der Waals surface area contributed by atoms with Gasteiger partial charge in [-0.05, 0) is 75.7 Å². The van der Waals surface area contributed by atoms with Gasteiger partial charge in [0.05, 0.1) is 17.0 Å². The van der Waals surface area contributed by atoms with Crippen LogP contribution < -0.4 is 10.1 Å². The van der Waals surface area contributed by atoms with Crippen LogP contribution in [0.25, 0.3) is 16.6 Å². The number of rotatable bonds is 8. The SMILES string of the molecule is CC(C)(C)NCCCOc1ccc(S(=O)(=O)c2c(-c3ccccc3)cn3ccccc23)cc1.Cl. The molecule has 1 N–H and O–H groups in total. The normalized spacial score (nSPS) is 11.9. The largest absolute Gasteiger partial charge is 0.494 e. The maximum Gasteiger partial charge on any atom is 0.209 e. The van der Waals surface area contributed by atoms with Gasteiger partial charge in [-0.25, -0.2) is 8.42 Å². The zero-order valence-electron chi connectivity index (χ0n) is 19.7. The first-order valence-corrected chi connectivity index (χ1v) is 12.6. The number of hydrogen-bond acceptors (Lipinski definition) is 4. The summed E-state index contributed by atoms with van der Waals surface area (Å²) in [6, 6.07) is 21.9. The molecule has 4 aromatic rings. The highest BCUT2D eigenvalue weighted by Gasteiger charge is 2.26. The number of benzene rings is 2. The molecule has 2 aromatic heterocycles. The Balaban J connectivity index is 0.00000324. The Morgan fingerprint density at radius 2 is 1.59 bits per heavy atom. The molecule has 34 heavy (non-hydrogen) atoms. The number of ether oxygens (including phenoxy) is 1. The lowest BCUT2D eigenvalue weighted by molar-refractivity contribution is 0.298. The number of sulfone groups is 1. The minimum absolute atomic E-state index is 0. The Bertz CT molecular complexity index is 1330. The maximum absolute atomic E-state index is 13.7. The van der Waals surface area contributed by atoms with Crippen LogP contribution >= 0.6 is 12.4 Å². The van der Waals surface area contributed by atoms with E-state index < -0.39 is 9.84 Å². The van der Waals surface area contributed by atoms with E-state index in [2.05, 4.69) is 26.1 Å². The Morgan fingerprint density at radius 1 is 0.912 bits per heavy atom. The van der Waals surface area contributed by atoms with Gasteiger partial charge in [0.15, 0.2) is 0 Å². The lowest BCUT2D eigenvalue weighted by atomic mass is 10.1. The molecule has 7 heteroatoms. The van der Waals surface area contributed by atoms with Crippen molar-refractivity contribution in [3.63, 3.8) is 0 Å². The minimum atomic E-state index is -3.75. The molecule has 0 saturated heterocycles. The molecular weight excluding hydrogens is 468 g/mol. The van der Waals surface area contributed by atoms with Crippen molar-refractivity contribution >= 4 is 27.8 Å². The quantitative estimate of drug-likeness (QED) is 0.302. The third-order valence-electron chi connectivity index (χ3n) is 5.37. The van der Waals surface area contributed by atoms with Gasteiger partial charge in [-0.2, -0.15) is 0 Å². The van der Waals surface area contributed by atoms with Crippen LogP contribution in [0, 0.1) is 0 Å². The molecule has 4 rings (SSSR count). The van der Waals surface area contributed by atoms with Crippen LogP contribution in [0.15, 0.2) is 95.0 Å². The van der Waals surface area contributed by atoms with Gasteiger partial charge in [0.2, 0.25) is 9.84 Å². The summed E-state index contributed by atoms with van der Waals surface area (Å²) >= 11 is 0. The van der Waals surface area contributed by atoms with Crippen molar-refractivity contribution in [3.8, 4) is 16.9 Å². The van der Waals surface area contributed by atoms with Crippen molar-refractivity contribution in [2.45, 2.75) is 42.5 Å². The van der Waals surface area contributed by atoms with Crippen molar-refractivity contribution in [2.75, 3.05) is 13.2 Å². The second-order valence-electron chi connectivity index (χ2n) is 9.08. The average molecular weight is 499 g/mol. The average Bonchev–Trinajstić information content (AvgIpc) is 3.19. The van der Waals surface area contributed by atoms with E-state index >= 15 is 0 Å². The molecule has 0 saturated carbocycles. The molecule has 0 unspecified atom stereocenters. The van der Waals surface area contributed by atoms with E-state index in [1.54, 1.807) is 24.3 Å². The molecule has 0 bridgehead atoms. The topological polar surface area (TPSA) is 59.8 Å². The summed E-state index contributed by atoms with van der Waals surface area (Å²) in [5.74, 6) is 0.662. The third-order valence-corrected chi connectivity index (χ3v) is 7.23. The van der Waals surface area contributed by atoms with Gasteiger partial charge in [-0.3, -0.25) is 0 Å².